The van der Waals surface area contributed by atoms with Crippen LogP contribution in [0.4, 0.5) is 8.78 Å². The third kappa shape index (κ3) is 3.79. The zero-order valence-electron chi connectivity index (χ0n) is 12.1. The maximum atomic E-state index is 13.6. The Balaban J connectivity index is 2.05. The van der Waals surface area contributed by atoms with Crippen molar-refractivity contribution in [3.05, 3.63) is 65.2 Å². The second kappa shape index (κ2) is 6.68. The smallest absolute Gasteiger partial charge is 0.163 e. The van der Waals surface area contributed by atoms with E-state index in [1.165, 1.54) is 12.1 Å². The zero-order chi connectivity index (χ0) is 15.4. The van der Waals surface area contributed by atoms with Gasteiger partial charge in [0.25, 0.3) is 0 Å². The fourth-order valence-electron chi connectivity index (χ4n) is 2.05. The minimum atomic E-state index is -0.912. The van der Waals surface area contributed by atoms with Gasteiger partial charge in [0.1, 0.15) is 12.4 Å². The van der Waals surface area contributed by atoms with Crippen LogP contribution in [0.3, 0.4) is 0 Å². The summed E-state index contributed by atoms with van der Waals surface area (Å²) in [5.41, 5.74) is 7.15. The largest absolute Gasteiger partial charge is 0.492 e. The molecular weight excluding hydrogens is 272 g/mol. The van der Waals surface area contributed by atoms with Crippen molar-refractivity contribution in [1.82, 2.24) is 0 Å². The zero-order valence-corrected chi connectivity index (χ0v) is 12.1. The molecule has 0 aliphatic heterocycles. The molecule has 1 atom stereocenters. The summed E-state index contributed by atoms with van der Waals surface area (Å²) in [6, 6.07) is 10.9. The molecule has 112 valence electrons. The van der Waals surface area contributed by atoms with Gasteiger partial charge in [0.05, 0.1) is 6.04 Å². The summed E-state index contributed by atoms with van der Waals surface area (Å²) in [7, 11) is 0. The van der Waals surface area contributed by atoms with Crippen molar-refractivity contribution in [2.45, 2.75) is 25.8 Å². The van der Waals surface area contributed by atoms with E-state index in [-0.39, 0.29) is 12.2 Å². The molecule has 0 heterocycles. The second-order valence-corrected chi connectivity index (χ2v) is 5.29. The lowest BCUT2D eigenvalue weighted by Gasteiger charge is -2.15. The van der Waals surface area contributed by atoms with Crippen molar-refractivity contribution >= 4 is 0 Å². The lowest BCUT2D eigenvalue weighted by atomic mass is 10.0. The van der Waals surface area contributed by atoms with Gasteiger partial charge in [-0.25, -0.2) is 8.78 Å². The third-order valence-corrected chi connectivity index (χ3v) is 3.34. The summed E-state index contributed by atoms with van der Waals surface area (Å²) in [5, 5.41) is 0. The van der Waals surface area contributed by atoms with E-state index >= 15 is 0 Å². The van der Waals surface area contributed by atoms with Crippen LogP contribution in [0.15, 0.2) is 42.5 Å². The van der Waals surface area contributed by atoms with E-state index in [1.54, 1.807) is 0 Å². The van der Waals surface area contributed by atoms with Crippen LogP contribution in [0.25, 0.3) is 0 Å². The molecule has 0 spiro atoms. The van der Waals surface area contributed by atoms with Gasteiger partial charge in [-0.1, -0.05) is 38.1 Å². The normalized spacial score (nSPS) is 12.5. The minimum absolute atomic E-state index is 0.0852. The molecule has 2 nitrogen and oxygen atoms in total. The maximum absolute atomic E-state index is 13.6. The van der Waals surface area contributed by atoms with Crippen LogP contribution in [-0.4, -0.2) is 6.61 Å². The van der Waals surface area contributed by atoms with E-state index in [2.05, 4.69) is 13.8 Å². The first-order chi connectivity index (χ1) is 9.99. The summed E-state index contributed by atoms with van der Waals surface area (Å²) >= 11 is 0. The number of halogens is 2. The molecule has 0 saturated heterocycles. The van der Waals surface area contributed by atoms with Gasteiger partial charge in [-0.2, -0.15) is 0 Å². The number of nitrogens with two attached hydrogens (primary N) is 1. The average Bonchev–Trinajstić information content (AvgIpc) is 2.48. The molecule has 2 rings (SSSR count). The Morgan fingerprint density at radius 2 is 1.81 bits per heavy atom. The maximum Gasteiger partial charge on any atom is 0.163 e. The van der Waals surface area contributed by atoms with Crippen LogP contribution in [0.1, 0.15) is 36.9 Å². The standard InChI is InChI=1S/C17H19F2NO/c1-11(2)12-5-3-6-13(9-12)21-10-16(20)14-7-4-8-15(18)17(14)19/h3-9,11,16H,10,20H2,1-2H3. The molecule has 0 radical (unpaired) electrons. The second-order valence-electron chi connectivity index (χ2n) is 5.29. The SMILES string of the molecule is CC(C)c1cccc(OCC(N)c2cccc(F)c2F)c1. The predicted octanol–water partition coefficient (Wildman–Crippen LogP) is 4.17. The Morgan fingerprint density at radius 3 is 2.52 bits per heavy atom. The lowest BCUT2D eigenvalue weighted by Crippen LogP contribution is -2.20. The first-order valence-corrected chi connectivity index (χ1v) is 6.91. The Hall–Kier alpha value is -1.94. The van der Waals surface area contributed by atoms with E-state index in [0.717, 1.165) is 11.6 Å². The van der Waals surface area contributed by atoms with Gasteiger partial charge in [-0.15, -0.1) is 0 Å². The number of hydrogen-bond donors (Lipinski definition) is 1. The summed E-state index contributed by atoms with van der Waals surface area (Å²) in [5.74, 6) is -0.745. The topological polar surface area (TPSA) is 35.2 Å². The Morgan fingerprint density at radius 1 is 1.10 bits per heavy atom. The van der Waals surface area contributed by atoms with Crippen LogP contribution in [-0.2, 0) is 0 Å². The molecule has 2 aromatic carbocycles. The van der Waals surface area contributed by atoms with Gasteiger partial charge in [-0.05, 0) is 29.7 Å². The predicted molar refractivity (Wildman–Crippen MR) is 79.3 cm³/mol. The average molecular weight is 291 g/mol. The quantitative estimate of drug-likeness (QED) is 0.897. The molecule has 0 aromatic heterocycles. The molecule has 2 aromatic rings. The van der Waals surface area contributed by atoms with Gasteiger partial charge in [0.2, 0.25) is 0 Å². The Labute approximate surface area is 123 Å². The fraction of sp³-hybridized carbons (Fsp3) is 0.294. The summed E-state index contributed by atoms with van der Waals surface area (Å²) in [6.45, 7) is 4.27. The van der Waals surface area contributed by atoms with Crippen LogP contribution >= 0.6 is 0 Å². The monoisotopic (exact) mass is 291 g/mol. The molecule has 0 aliphatic carbocycles. The van der Waals surface area contributed by atoms with Crippen LogP contribution in [0, 0.1) is 11.6 Å². The fourth-order valence-corrected chi connectivity index (χ4v) is 2.05. The molecule has 21 heavy (non-hydrogen) atoms. The molecule has 1 unspecified atom stereocenters. The van der Waals surface area contributed by atoms with E-state index < -0.39 is 17.7 Å². The minimum Gasteiger partial charge on any atom is -0.492 e. The molecule has 0 saturated carbocycles. The van der Waals surface area contributed by atoms with Crippen molar-refractivity contribution in [1.29, 1.82) is 0 Å². The van der Waals surface area contributed by atoms with Gasteiger partial charge in [0.15, 0.2) is 11.6 Å². The number of hydrogen-bond acceptors (Lipinski definition) is 2. The van der Waals surface area contributed by atoms with E-state index in [1.807, 2.05) is 24.3 Å². The number of ether oxygens (including phenoxy) is 1. The van der Waals surface area contributed by atoms with Crippen LogP contribution < -0.4 is 10.5 Å². The van der Waals surface area contributed by atoms with Crippen molar-refractivity contribution < 1.29 is 13.5 Å². The lowest BCUT2D eigenvalue weighted by molar-refractivity contribution is 0.286. The Kier molecular flexibility index (Phi) is 4.91. The summed E-state index contributed by atoms with van der Waals surface area (Å²) < 4.78 is 32.4. The Bertz CT molecular complexity index is 613. The first kappa shape index (κ1) is 15.4. The van der Waals surface area contributed by atoms with E-state index in [0.29, 0.717) is 11.7 Å². The molecule has 2 N–H and O–H groups in total. The van der Waals surface area contributed by atoms with Crippen molar-refractivity contribution in [2.24, 2.45) is 5.73 Å². The highest BCUT2D eigenvalue weighted by Crippen LogP contribution is 2.22. The molecular formula is C17H19F2NO. The number of benzene rings is 2. The van der Waals surface area contributed by atoms with Crippen molar-refractivity contribution in [3.8, 4) is 5.75 Å². The highest BCUT2D eigenvalue weighted by molar-refractivity contribution is 5.30. The van der Waals surface area contributed by atoms with Gasteiger partial charge in [-0.3, -0.25) is 0 Å². The molecule has 0 bridgehead atoms. The van der Waals surface area contributed by atoms with Crippen LogP contribution in [0.5, 0.6) is 5.75 Å². The van der Waals surface area contributed by atoms with Gasteiger partial charge < -0.3 is 10.5 Å². The van der Waals surface area contributed by atoms with Crippen molar-refractivity contribution in [3.63, 3.8) is 0 Å². The first-order valence-electron chi connectivity index (χ1n) is 6.91. The van der Waals surface area contributed by atoms with E-state index in [9.17, 15) is 8.78 Å². The summed E-state index contributed by atoms with van der Waals surface area (Å²) in [4.78, 5) is 0. The third-order valence-electron chi connectivity index (χ3n) is 3.34. The molecule has 4 heteroatoms. The number of rotatable bonds is 5. The summed E-state index contributed by atoms with van der Waals surface area (Å²) in [6.07, 6.45) is 0. The molecule has 0 fully saturated rings. The van der Waals surface area contributed by atoms with Gasteiger partial charge in [0, 0.05) is 5.56 Å². The highest BCUT2D eigenvalue weighted by Gasteiger charge is 2.15. The van der Waals surface area contributed by atoms with Crippen molar-refractivity contribution in [2.75, 3.05) is 6.61 Å². The highest BCUT2D eigenvalue weighted by atomic mass is 19.2. The molecule has 0 amide bonds. The van der Waals surface area contributed by atoms with E-state index in [4.69, 9.17) is 10.5 Å². The van der Waals surface area contributed by atoms with Gasteiger partial charge >= 0.3 is 0 Å². The molecule has 0 aliphatic rings. The van der Waals surface area contributed by atoms with Crippen LogP contribution in [0.2, 0.25) is 0 Å².